The third-order valence-corrected chi connectivity index (χ3v) is 0.747. The monoisotopic (exact) mass is 198 g/mol. The molecule has 0 aliphatic heterocycles. The highest BCUT2D eigenvalue weighted by atomic mass is 19.3. The molecule has 1 atom stereocenters. The lowest BCUT2D eigenvalue weighted by Gasteiger charge is -2.18. The summed E-state index contributed by atoms with van der Waals surface area (Å²) in [4.78, 5) is 0. The maximum atomic E-state index is 11.7. The van der Waals surface area contributed by atoms with Crippen LogP contribution >= 0.6 is 0 Å². The summed E-state index contributed by atoms with van der Waals surface area (Å²) in [6.07, 6.45) is -16.2. The number of hydrogen-bond acceptors (Lipinski definition) is 2. The quantitative estimate of drug-likeness (QED) is 0.547. The van der Waals surface area contributed by atoms with Gasteiger partial charge in [-0.15, -0.1) is 0 Å². The predicted octanol–water partition coefficient (Wildman–Crippen LogP) is 1.44. The van der Waals surface area contributed by atoms with Crippen molar-refractivity contribution in [1.82, 2.24) is 0 Å². The third-order valence-electron chi connectivity index (χ3n) is 0.747. The highest BCUT2D eigenvalue weighted by Gasteiger charge is 2.45. The zero-order valence-corrected chi connectivity index (χ0v) is 5.36. The van der Waals surface area contributed by atoms with Gasteiger partial charge in [-0.05, 0) is 0 Å². The van der Waals surface area contributed by atoms with Crippen LogP contribution in [-0.2, 0) is 4.74 Å². The number of aliphatic hydroxyl groups is 1. The Morgan fingerprint density at radius 1 is 1.08 bits per heavy atom. The van der Waals surface area contributed by atoms with E-state index in [0.29, 0.717) is 0 Å². The molecule has 74 valence electrons. The van der Waals surface area contributed by atoms with Gasteiger partial charge in [-0.2, -0.15) is 8.78 Å². The van der Waals surface area contributed by atoms with E-state index < -0.39 is 25.2 Å². The molecular formula is C4H4F6O2. The van der Waals surface area contributed by atoms with Gasteiger partial charge in [0.15, 0.2) is 0 Å². The summed E-state index contributed by atoms with van der Waals surface area (Å²) in [5, 5.41) is 7.93. The van der Waals surface area contributed by atoms with E-state index in [0.717, 1.165) is 0 Å². The van der Waals surface area contributed by atoms with Crippen LogP contribution in [0.2, 0.25) is 0 Å². The number of alkyl halides is 6. The van der Waals surface area contributed by atoms with Gasteiger partial charge in [0.1, 0.15) is 0 Å². The summed E-state index contributed by atoms with van der Waals surface area (Å²) in [6.45, 7) is 0. The minimum Gasteiger partial charge on any atom is -0.363 e. The van der Waals surface area contributed by atoms with Crippen molar-refractivity contribution in [2.75, 3.05) is 0 Å². The van der Waals surface area contributed by atoms with Crippen LogP contribution < -0.4 is 0 Å². The van der Waals surface area contributed by atoms with Crippen LogP contribution in [0.25, 0.3) is 0 Å². The first-order chi connectivity index (χ1) is 5.27. The number of ether oxygens (including phenoxy) is 1. The lowest BCUT2D eigenvalue weighted by molar-refractivity contribution is -0.365. The summed E-state index contributed by atoms with van der Waals surface area (Å²) in [5.74, 6) is 0. The maximum absolute atomic E-state index is 11.7. The van der Waals surface area contributed by atoms with Crippen LogP contribution in [-0.4, -0.2) is 30.4 Å². The molecule has 0 saturated carbocycles. The molecule has 0 bridgehead atoms. The predicted molar refractivity (Wildman–Crippen MR) is 24.0 cm³/mol. The Bertz CT molecular complexity index is 138. The van der Waals surface area contributed by atoms with Gasteiger partial charge < -0.3 is 5.11 Å². The molecule has 0 radical (unpaired) electrons. The van der Waals surface area contributed by atoms with Gasteiger partial charge >= 0.3 is 12.5 Å². The van der Waals surface area contributed by atoms with Crippen LogP contribution in [0.15, 0.2) is 0 Å². The first-order valence-corrected chi connectivity index (χ1v) is 2.57. The van der Waals surface area contributed by atoms with Crippen LogP contribution in [0.5, 0.6) is 0 Å². The largest absolute Gasteiger partial charge is 0.418 e. The normalized spacial score (nSPS) is 15.8. The second-order valence-electron chi connectivity index (χ2n) is 1.71. The molecule has 1 unspecified atom stereocenters. The second kappa shape index (κ2) is 3.94. The molecule has 12 heavy (non-hydrogen) atoms. The number of aliphatic hydroxyl groups excluding tert-OH is 1. The van der Waals surface area contributed by atoms with E-state index in [2.05, 4.69) is 4.74 Å². The Balaban J connectivity index is 4.05. The first-order valence-electron chi connectivity index (χ1n) is 2.57. The van der Waals surface area contributed by atoms with E-state index in [4.69, 9.17) is 5.11 Å². The molecule has 0 spiro atoms. The molecule has 0 aromatic carbocycles. The van der Waals surface area contributed by atoms with Gasteiger partial charge in [0.05, 0.1) is 0 Å². The Kier molecular flexibility index (Phi) is 3.78. The summed E-state index contributed by atoms with van der Waals surface area (Å²) >= 11 is 0. The molecule has 0 aromatic heterocycles. The van der Waals surface area contributed by atoms with Crippen molar-refractivity contribution in [3.63, 3.8) is 0 Å². The van der Waals surface area contributed by atoms with Gasteiger partial charge in [0.25, 0.3) is 6.43 Å². The third kappa shape index (κ3) is 3.26. The number of halogens is 6. The maximum Gasteiger partial charge on any atom is 0.418 e. The van der Waals surface area contributed by atoms with Gasteiger partial charge in [0, 0.05) is 0 Å². The highest BCUT2D eigenvalue weighted by molar-refractivity contribution is 4.57. The standard InChI is InChI=1S/C4H4F6O2/c5-1(6)2(11)12-4(9,10)3(7)8/h1-3,11H. The first kappa shape index (κ1) is 11.5. The Morgan fingerprint density at radius 2 is 1.50 bits per heavy atom. The smallest absolute Gasteiger partial charge is 0.363 e. The van der Waals surface area contributed by atoms with Gasteiger partial charge in [0.2, 0.25) is 6.29 Å². The van der Waals surface area contributed by atoms with Crippen LogP contribution in [0.1, 0.15) is 0 Å². The summed E-state index contributed by atoms with van der Waals surface area (Å²) in [6, 6.07) is 0. The van der Waals surface area contributed by atoms with Crippen molar-refractivity contribution in [3.05, 3.63) is 0 Å². The SMILES string of the molecule is OC(OC(F)(F)C(F)F)C(F)F. The van der Waals surface area contributed by atoms with Crippen LogP contribution in [0, 0.1) is 0 Å². The zero-order valence-electron chi connectivity index (χ0n) is 5.36. The van der Waals surface area contributed by atoms with E-state index in [-0.39, 0.29) is 0 Å². The number of rotatable bonds is 4. The zero-order chi connectivity index (χ0) is 9.94. The summed E-state index contributed by atoms with van der Waals surface area (Å²) in [7, 11) is 0. The van der Waals surface area contributed by atoms with Crippen molar-refractivity contribution in [3.8, 4) is 0 Å². The average Bonchev–Trinajstić information content (AvgIpc) is 1.85. The molecule has 0 aliphatic carbocycles. The molecular weight excluding hydrogens is 194 g/mol. The van der Waals surface area contributed by atoms with Gasteiger partial charge in [-0.1, -0.05) is 0 Å². The van der Waals surface area contributed by atoms with E-state index in [1.165, 1.54) is 0 Å². The molecule has 2 nitrogen and oxygen atoms in total. The molecule has 1 N–H and O–H groups in total. The summed E-state index contributed by atoms with van der Waals surface area (Å²) in [5.41, 5.74) is 0. The average molecular weight is 198 g/mol. The highest BCUT2D eigenvalue weighted by Crippen LogP contribution is 2.26. The minimum atomic E-state index is -5.06. The van der Waals surface area contributed by atoms with Crippen molar-refractivity contribution in [2.24, 2.45) is 0 Å². The van der Waals surface area contributed by atoms with E-state index in [1.54, 1.807) is 0 Å². The lowest BCUT2D eigenvalue weighted by Crippen LogP contribution is -2.37. The summed E-state index contributed by atoms with van der Waals surface area (Å²) < 4.78 is 71.0. The Morgan fingerprint density at radius 3 is 1.75 bits per heavy atom. The van der Waals surface area contributed by atoms with E-state index >= 15 is 0 Å². The van der Waals surface area contributed by atoms with Gasteiger partial charge in [-0.25, -0.2) is 17.6 Å². The minimum absolute atomic E-state index is 2.68. The van der Waals surface area contributed by atoms with Crippen molar-refractivity contribution in [2.45, 2.75) is 25.2 Å². The number of hydrogen-bond donors (Lipinski definition) is 1. The molecule has 0 fully saturated rings. The lowest BCUT2D eigenvalue weighted by atomic mass is 10.6. The van der Waals surface area contributed by atoms with Crippen molar-refractivity contribution >= 4 is 0 Å². The van der Waals surface area contributed by atoms with E-state index in [9.17, 15) is 26.3 Å². The molecule has 0 heterocycles. The molecule has 0 rings (SSSR count). The molecule has 8 heteroatoms. The van der Waals surface area contributed by atoms with E-state index in [1.807, 2.05) is 0 Å². The van der Waals surface area contributed by atoms with Crippen LogP contribution in [0.4, 0.5) is 26.3 Å². The molecule has 0 aromatic rings. The van der Waals surface area contributed by atoms with Crippen molar-refractivity contribution < 1.29 is 36.2 Å². The topological polar surface area (TPSA) is 29.5 Å². The fraction of sp³-hybridized carbons (Fsp3) is 1.00. The van der Waals surface area contributed by atoms with Crippen molar-refractivity contribution in [1.29, 1.82) is 0 Å². The molecule has 0 aliphatic rings. The van der Waals surface area contributed by atoms with Crippen LogP contribution in [0.3, 0.4) is 0 Å². The molecule has 0 saturated heterocycles. The Hall–Kier alpha value is -0.500. The second-order valence-corrected chi connectivity index (χ2v) is 1.71. The molecule has 0 amide bonds. The van der Waals surface area contributed by atoms with Gasteiger partial charge in [-0.3, -0.25) is 4.74 Å². The fourth-order valence-corrected chi connectivity index (χ4v) is 0.264. The Labute approximate surface area is 62.7 Å². The fourth-order valence-electron chi connectivity index (χ4n) is 0.264.